The molecule has 0 fully saturated rings. The standard InChI is InChI=1S/C11H13N7/c1-17(2)7-13-11(10-3-5-12-6-4-10)16-18-8-14-15-9-18/h3-9H,1-2H3/b13-7+,16-11+. The molecule has 2 rings (SSSR count). The van der Waals surface area contributed by atoms with Gasteiger partial charge in [-0.2, -0.15) is 0 Å². The molecule has 0 atom stereocenters. The van der Waals surface area contributed by atoms with E-state index in [0.29, 0.717) is 5.84 Å². The van der Waals surface area contributed by atoms with Crippen molar-refractivity contribution in [1.29, 1.82) is 0 Å². The van der Waals surface area contributed by atoms with Crippen molar-refractivity contribution in [3.63, 3.8) is 0 Å². The minimum absolute atomic E-state index is 0.561. The Kier molecular flexibility index (Phi) is 3.75. The Labute approximate surface area is 105 Å². The molecule has 2 aromatic heterocycles. The van der Waals surface area contributed by atoms with Crippen LogP contribution in [0.25, 0.3) is 0 Å². The second-order valence-electron chi connectivity index (χ2n) is 3.71. The molecular formula is C11H13N7. The van der Waals surface area contributed by atoms with Crippen LogP contribution in [0.4, 0.5) is 0 Å². The normalized spacial score (nSPS) is 12.0. The number of aromatic nitrogens is 4. The van der Waals surface area contributed by atoms with E-state index in [1.54, 1.807) is 18.7 Å². The van der Waals surface area contributed by atoms with Crippen LogP contribution in [0.15, 0.2) is 47.3 Å². The average Bonchev–Trinajstić information content (AvgIpc) is 2.88. The molecule has 0 aromatic carbocycles. The van der Waals surface area contributed by atoms with Crippen molar-refractivity contribution in [2.24, 2.45) is 10.1 Å². The molecule has 0 aliphatic rings. The maximum atomic E-state index is 4.32. The summed E-state index contributed by atoms with van der Waals surface area (Å²) >= 11 is 0. The highest BCUT2D eigenvalue weighted by Gasteiger charge is 2.01. The molecule has 0 N–H and O–H groups in total. The van der Waals surface area contributed by atoms with Crippen LogP contribution in [0.3, 0.4) is 0 Å². The Morgan fingerprint density at radius 2 is 1.89 bits per heavy atom. The van der Waals surface area contributed by atoms with Gasteiger partial charge in [-0.05, 0) is 12.1 Å². The van der Waals surface area contributed by atoms with Crippen LogP contribution in [-0.2, 0) is 0 Å². The van der Waals surface area contributed by atoms with Crippen molar-refractivity contribution in [2.45, 2.75) is 0 Å². The van der Waals surface area contributed by atoms with Crippen LogP contribution >= 0.6 is 0 Å². The second kappa shape index (κ2) is 5.67. The Morgan fingerprint density at radius 3 is 2.50 bits per heavy atom. The molecule has 0 amide bonds. The molecule has 7 nitrogen and oxygen atoms in total. The van der Waals surface area contributed by atoms with Crippen molar-refractivity contribution in [2.75, 3.05) is 14.1 Å². The minimum Gasteiger partial charge on any atom is -0.369 e. The van der Waals surface area contributed by atoms with E-state index in [1.165, 1.54) is 17.3 Å². The summed E-state index contributed by atoms with van der Waals surface area (Å²) in [5.74, 6) is 0.561. The van der Waals surface area contributed by atoms with Gasteiger partial charge in [0.15, 0.2) is 5.84 Å². The van der Waals surface area contributed by atoms with E-state index in [2.05, 4.69) is 25.3 Å². The fraction of sp³-hybridized carbons (Fsp3) is 0.182. The van der Waals surface area contributed by atoms with E-state index in [4.69, 9.17) is 0 Å². The Balaban J connectivity index is 2.35. The van der Waals surface area contributed by atoms with Crippen LogP contribution in [0.5, 0.6) is 0 Å². The van der Waals surface area contributed by atoms with Gasteiger partial charge in [0.25, 0.3) is 0 Å². The van der Waals surface area contributed by atoms with Gasteiger partial charge in [0, 0.05) is 32.1 Å². The van der Waals surface area contributed by atoms with Crippen molar-refractivity contribution < 1.29 is 0 Å². The summed E-state index contributed by atoms with van der Waals surface area (Å²) in [7, 11) is 3.79. The third-order valence-electron chi connectivity index (χ3n) is 1.97. The number of aliphatic imine (C=N–C) groups is 1. The van der Waals surface area contributed by atoms with Gasteiger partial charge in [0.05, 0.1) is 6.34 Å². The van der Waals surface area contributed by atoms with Gasteiger partial charge < -0.3 is 4.90 Å². The van der Waals surface area contributed by atoms with E-state index < -0.39 is 0 Å². The molecular weight excluding hydrogens is 230 g/mol. The van der Waals surface area contributed by atoms with Crippen LogP contribution in [-0.4, -0.2) is 51.0 Å². The van der Waals surface area contributed by atoms with E-state index in [0.717, 1.165) is 5.56 Å². The first-order chi connectivity index (χ1) is 8.75. The zero-order valence-corrected chi connectivity index (χ0v) is 10.2. The number of hydrogen-bond donors (Lipinski definition) is 0. The van der Waals surface area contributed by atoms with Crippen LogP contribution < -0.4 is 0 Å². The quantitative estimate of drug-likeness (QED) is 0.580. The molecule has 0 unspecified atom stereocenters. The second-order valence-corrected chi connectivity index (χ2v) is 3.71. The predicted molar refractivity (Wildman–Crippen MR) is 68.4 cm³/mol. The SMILES string of the molecule is CN(C)/C=N/C(=N/n1cnnc1)c1ccncc1. The van der Waals surface area contributed by atoms with Gasteiger partial charge in [0.2, 0.25) is 0 Å². The van der Waals surface area contributed by atoms with Crippen molar-refractivity contribution in [3.05, 3.63) is 42.7 Å². The lowest BCUT2D eigenvalue weighted by Crippen LogP contribution is -2.11. The van der Waals surface area contributed by atoms with Crippen LogP contribution in [0.2, 0.25) is 0 Å². The van der Waals surface area contributed by atoms with Crippen LogP contribution in [0, 0.1) is 0 Å². The average molecular weight is 243 g/mol. The van der Waals surface area contributed by atoms with Crippen molar-refractivity contribution >= 4 is 12.2 Å². The zero-order valence-electron chi connectivity index (χ0n) is 10.2. The molecule has 0 aliphatic carbocycles. The summed E-state index contributed by atoms with van der Waals surface area (Å²) in [5.41, 5.74) is 0.872. The van der Waals surface area contributed by atoms with E-state index in [1.807, 2.05) is 31.1 Å². The molecule has 2 aromatic rings. The summed E-state index contributed by atoms with van der Waals surface area (Å²) in [5, 5.41) is 11.7. The van der Waals surface area contributed by atoms with Gasteiger partial charge in [-0.25, -0.2) is 9.67 Å². The van der Waals surface area contributed by atoms with E-state index in [-0.39, 0.29) is 0 Å². The molecule has 0 saturated carbocycles. The fourth-order valence-corrected chi connectivity index (χ4v) is 1.19. The third-order valence-corrected chi connectivity index (χ3v) is 1.97. The smallest absolute Gasteiger partial charge is 0.181 e. The van der Waals surface area contributed by atoms with Gasteiger partial charge in [-0.1, -0.05) is 0 Å². The number of nitrogens with zero attached hydrogens (tertiary/aromatic N) is 7. The minimum atomic E-state index is 0.561. The zero-order chi connectivity index (χ0) is 12.8. The summed E-state index contributed by atoms with van der Waals surface area (Å²) in [6.45, 7) is 0. The number of pyridine rings is 1. The molecule has 7 heteroatoms. The Bertz CT molecular complexity index is 528. The molecule has 0 saturated heterocycles. The summed E-state index contributed by atoms with van der Waals surface area (Å²) in [6, 6.07) is 3.69. The number of amidine groups is 1. The number of hydrogen-bond acceptors (Lipinski definition) is 4. The lowest BCUT2D eigenvalue weighted by atomic mass is 10.2. The molecule has 0 aliphatic heterocycles. The maximum Gasteiger partial charge on any atom is 0.181 e. The predicted octanol–water partition coefficient (Wildman–Crippen LogP) is 0.473. The van der Waals surface area contributed by atoms with Gasteiger partial charge in [0.1, 0.15) is 12.7 Å². The van der Waals surface area contributed by atoms with Crippen molar-refractivity contribution in [3.8, 4) is 0 Å². The van der Waals surface area contributed by atoms with Gasteiger partial charge >= 0.3 is 0 Å². The molecule has 0 spiro atoms. The topological polar surface area (TPSA) is 71.6 Å². The highest BCUT2D eigenvalue weighted by atomic mass is 15.4. The molecule has 0 radical (unpaired) electrons. The van der Waals surface area contributed by atoms with Gasteiger partial charge in [-0.15, -0.1) is 15.3 Å². The molecule has 0 bridgehead atoms. The van der Waals surface area contributed by atoms with E-state index >= 15 is 0 Å². The number of rotatable bonds is 3. The van der Waals surface area contributed by atoms with Gasteiger partial charge in [-0.3, -0.25) is 4.98 Å². The molecule has 18 heavy (non-hydrogen) atoms. The Hall–Kier alpha value is -2.57. The molecule has 2 heterocycles. The fourth-order valence-electron chi connectivity index (χ4n) is 1.19. The monoisotopic (exact) mass is 243 g/mol. The summed E-state index contributed by atoms with van der Waals surface area (Å²) in [4.78, 5) is 10.1. The lowest BCUT2D eigenvalue weighted by molar-refractivity contribution is 0.643. The first kappa shape index (κ1) is 11.9. The first-order valence-corrected chi connectivity index (χ1v) is 5.30. The lowest BCUT2D eigenvalue weighted by Gasteiger charge is -2.04. The summed E-state index contributed by atoms with van der Waals surface area (Å²) in [6.07, 6.45) is 8.09. The highest BCUT2D eigenvalue weighted by molar-refractivity contribution is 6.02. The van der Waals surface area contributed by atoms with E-state index in [9.17, 15) is 0 Å². The highest BCUT2D eigenvalue weighted by Crippen LogP contribution is 2.01. The maximum absolute atomic E-state index is 4.32. The first-order valence-electron chi connectivity index (χ1n) is 5.30. The molecule has 92 valence electrons. The third kappa shape index (κ3) is 3.21. The Morgan fingerprint density at radius 1 is 1.22 bits per heavy atom. The summed E-state index contributed by atoms with van der Waals surface area (Å²) < 4.78 is 1.50. The van der Waals surface area contributed by atoms with Crippen LogP contribution in [0.1, 0.15) is 5.56 Å². The largest absolute Gasteiger partial charge is 0.369 e. The van der Waals surface area contributed by atoms with Crippen molar-refractivity contribution in [1.82, 2.24) is 24.8 Å².